The summed E-state index contributed by atoms with van der Waals surface area (Å²) in [6, 6.07) is -0.450. The van der Waals surface area contributed by atoms with Crippen LogP contribution in [-0.4, -0.2) is 76.9 Å². The molecule has 10 heteroatoms. The highest BCUT2D eigenvalue weighted by molar-refractivity contribution is 7.99. The number of hydrogen-bond donors (Lipinski definition) is 0. The van der Waals surface area contributed by atoms with Gasteiger partial charge in [0.15, 0.2) is 18.3 Å². The van der Waals surface area contributed by atoms with Gasteiger partial charge in [0.25, 0.3) is 0 Å². The van der Waals surface area contributed by atoms with Crippen molar-refractivity contribution in [1.82, 2.24) is 4.90 Å². The van der Waals surface area contributed by atoms with Crippen molar-refractivity contribution < 1.29 is 38.1 Å². The lowest BCUT2D eigenvalue weighted by Crippen LogP contribution is -2.62. The Morgan fingerprint density at radius 1 is 0.852 bits per heavy atom. The monoisotopic (exact) mass is 403 g/mol. The van der Waals surface area contributed by atoms with Crippen LogP contribution in [0, 0.1) is 0 Å². The predicted octanol–water partition coefficient (Wildman–Crippen LogP) is 0.489. The lowest BCUT2D eigenvalue weighted by atomic mass is 9.95. The molecule has 0 radical (unpaired) electrons. The number of esters is 3. The zero-order chi connectivity index (χ0) is 20.5. The van der Waals surface area contributed by atoms with Crippen molar-refractivity contribution in [1.29, 1.82) is 0 Å². The summed E-state index contributed by atoms with van der Waals surface area (Å²) in [5.74, 6) is -1.92. The molecule has 2 fully saturated rings. The van der Waals surface area contributed by atoms with Gasteiger partial charge < -0.3 is 23.8 Å². The maximum atomic E-state index is 11.8. The average Bonchev–Trinajstić information content (AvgIpc) is 3.20. The van der Waals surface area contributed by atoms with E-state index in [1.807, 2.05) is 6.92 Å². The van der Waals surface area contributed by atoms with Crippen molar-refractivity contribution in [3.8, 4) is 0 Å². The zero-order valence-corrected chi connectivity index (χ0v) is 17.0. The Bertz CT molecular complexity index is 626. The Hall–Kier alpha value is -1.81. The van der Waals surface area contributed by atoms with E-state index in [0.717, 1.165) is 0 Å². The van der Waals surface area contributed by atoms with Gasteiger partial charge in [-0.25, -0.2) is 0 Å². The third-order valence-corrected chi connectivity index (χ3v) is 5.38. The SMILES string of the molecule is CSC1OC(C2C(C)N2C(C)=O)C(OC(C)=O)C(OC(C)=O)C1OC(C)=O. The van der Waals surface area contributed by atoms with E-state index in [9.17, 15) is 19.2 Å². The number of hydrogen-bond acceptors (Lipinski definition) is 9. The normalized spacial score (nSPS) is 35.2. The zero-order valence-electron chi connectivity index (χ0n) is 16.2. The Morgan fingerprint density at radius 3 is 1.74 bits per heavy atom. The van der Waals surface area contributed by atoms with Crippen LogP contribution in [0.1, 0.15) is 34.6 Å². The van der Waals surface area contributed by atoms with Gasteiger partial charge in [-0.3, -0.25) is 19.2 Å². The molecule has 9 nitrogen and oxygen atoms in total. The van der Waals surface area contributed by atoms with Gasteiger partial charge in [0.2, 0.25) is 5.91 Å². The van der Waals surface area contributed by atoms with E-state index in [1.165, 1.54) is 39.5 Å². The number of ether oxygens (including phenoxy) is 4. The first kappa shape index (κ1) is 21.5. The first-order chi connectivity index (χ1) is 12.6. The highest BCUT2D eigenvalue weighted by Crippen LogP contribution is 2.41. The molecule has 0 aromatic carbocycles. The van der Waals surface area contributed by atoms with E-state index in [4.69, 9.17) is 18.9 Å². The Kier molecular flexibility index (Phi) is 6.74. The molecule has 7 unspecified atom stereocenters. The topological polar surface area (TPSA) is 108 Å². The van der Waals surface area contributed by atoms with Crippen molar-refractivity contribution in [2.45, 2.75) is 76.6 Å². The van der Waals surface area contributed by atoms with E-state index in [0.29, 0.717) is 0 Å². The molecule has 0 spiro atoms. The number of carbonyl (C=O) groups excluding carboxylic acids is 4. The van der Waals surface area contributed by atoms with E-state index >= 15 is 0 Å². The second kappa shape index (κ2) is 8.47. The highest BCUT2D eigenvalue weighted by Gasteiger charge is 2.61. The van der Waals surface area contributed by atoms with Gasteiger partial charge >= 0.3 is 17.9 Å². The number of thioether (sulfide) groups is 1. The van der Waals surface area contributed by atoms with Crippen LogP contribution >= 0.6 is 11.8 Å². The summed E-state index contributed by atoms with van der Waals surface area (Å²) in [7, 11) is 0. The number of amides is 1. The minimum Gasteiger partial charge on any atom is -0.456 e. The fourth-order valence-corrected chi connectivity index (χ4v) is 4.29. The molecule has 0 bridgehead atoms. The molecule has 0 N–H and O–H groups in total. The van der Waals surface area contributed by atoms with E-state index < -0.39 is 47.8 Å². The Morgan fingerprint density at radius 2 is 1.33 bits per heavy atom. The molecule has 1 amide bonds. The smallest absolute Gasteiger partial charge is 0.303 e. The fraction of sp³-hybridized carbons (Fsp3) is 0.765. The Balaban J connectivity index is 2.41. The van der Waals surface area contributed by atoms with Crippen LogP contribution in [0.4, 0.5) is 0 Å². The molecular weight excluding hydrogens is 378 g/mol. The average molecular weight is 403 g/mol. The molecule has 0 saturated carbocycles. The van der Waals surface area contributed by atoms with Gasteiger partial charge in [-0.05, 0) is 13.2 Å². The summed E-state index contributed by atoms with van der Waals surface area (Å²) >= 11 is 1.27. The van der Waals surface area contributed by atoms with E-state index in [1.54, 1.807) is 11.2 Å². The summed E-state index contributed by atoms with van der Waals surface area (Å²) in [5.41, 5.74) is -0.656. The van der Waals surface area contributed by atoms with Gasteiger partial charge in [-0.1, -0.05) is 0 Å². The minimum atomic E-state index is -1.05. The largest absolute Gasteiger partial charge is 0.456 e. The van der Waals surface area contributed by atoms with Crippen LogP contribution < -0.4 is 0 Å². The number of nitrogens with zero attached hydrogens (tertiary/aromatic N) is 1. The van der Waals surface area contributed by atoms with Crippen LogP contribution in [0.15, 0.2) is 0 Å². The Labute approximate surface area is 162 Å². The summed E-state index contributed by atoms with van der Waals surface area (Å²) in [5, 5.41) is 0. The maximum Gasteiger partial charge on any atom is 0.303 e. The van der Waals surface area contributed by atoms with Crippen molar-refractivity contribution >= 4 is 35.6 Å². The van der Waals surface area contributed by atoms with Crippen molar-refractivity contribution in [3.63, 3.8) is 0 Å². The molecule has 0 aliphatic carbocycles. The first-order valence-corrected chi connectivity index (χ1v) is 9.86. The minimum absolute atomic E-state index is 0.115. The summed E-state index contributed by atoms with van der Waals surface area (Å²) < 4.78 is 22.2. The molecule has 2 aliphatic rings. The molecule has 2 heterocycles. The molecule has 27 heavy (non-hydrogen) atoms. The molecule has 0 aromatic heterocycles. The fourth-order valence-electron chi connectivity index (χ4n) is 3.57. The van der Waals surface area contributed by atoms with Gasteiger partial charge in [0, 0.05) is 27.7 Å². The van der Waals surface area contributed by atoms with Gasteiger partial charge in [-0.15, -0.1) is 11.8 Å². The third-order valence-electron chi connectivity index (χ3n) is 4.53. The second-order valence-corrected chi connectivity index (χ2v) is 7.52. The molecule has 7 atom stereocenters. The predicted molar refractivity (Wildman–Crippen MR) is 94.6 cm³/mol. The third kappa shape index (κ3) is 4.73. The maximum absolute atomic E-state index is 11.8. The van der Waals surface area contributed by atoms with Crippen LogP contribution in [0.2, 0.25) is 0 Å². The molecule has 2 rings (SSSR count). The van der Waals surface area contributed by atoms with Crippen molar-refractivity contribution in [2.24, 2.45) is 0 Å². The van der Waals surface area contributed by atoms with E-state index in [2.05, 4.69) is 0 Å². The highest BCUT2D eigenvalue weighted by atomic mass is 32.2. The van der Waals surface area contributed by atoms with Gasteiger partial charge in [-0.2, -0.15) is 0 Å². The molecule has 2 saturated heterocycles. The van der Waals surface area contributed by atoms with Gasteiger partial charge in [0.1, 0.15) is 11.5 Å². The number of carbonyl (C=O) groups is 4. The quantitative estimate of drug-likeness (QED) is 0.368. The lowest BCUT2D eigenvalue weighted by molar-refractivity contribution is -0.232. The van der Waals surface area contributed by atoms with Crippen LogP contribution in [-0.2, 0) is 38.1 Å². The van der Waals surface area contributed by atoms with Crippen LogP contribution in [0.5, 0.6) is 0 Å². The summed E-state index contributed by atoms with van der Waals surface area (Å²) in [4.78, 5) is 48.4. The lowest BCUT2D eigenvalue weighted by Gasteiger charge is -2.44. The molecule has 2 aliphatic heterocycles. The first-order valence-electron chi connectivity index (χ1n) is 8.57. The molecule has 0 aromatic rings. The molecular formula is C17H25NO8S. The van der Waals surface area contributed by atoms with Crippen molar-refractivity contribution in [2.75, 3.05) is 6.26 Å². The summed E-state index contributed by atoms with van der Waals surface area (Å²) in [6.45, 7) is 6.97. The van der Waals surface area contributed by atoms with E-state index in [-0.39, 0.29) is 18.0 Å². The van der Waals surface area contributed by atoms with Gasteiger partial charge in [0.05, 0.1) is 12.1 Å². The van der Waals surface area contributed by atoms with Crippen LogP contribution in [0.3, 0.4) is 0 Å². The number of rotatable bonds is 5. The standard InChI is InChI=1S/C17H25NO8S/c1-7-12(18(7)8(2)19)13-14(23-9(3)20)15(24-10(4)21)16(25-11(5)22)17(26-13)27-6/h7,12-17H,1-6H3. The van der Waals surface area contributed by atoms with Crippen molar-refractivity contribution in [3.05, 3.63) is 0 Å². The van der Waals surface area contributed by atoms with Crippen LogP contribution in [0.25, 0.3) is 0 Å². The molecule has 152 valence electrons. The second-order valence-electron chi connectivity index (χ2n) is 6.58. The summed E-state index contributed by atoms with van der Waals surface area (Å²) in [6.07, 6.45) is -1.99.